The first kappa shape index (κ1) is 25.7. The maximum Gasteiger partial charge on any atom is 0.189 e. The van der Waals surface area contributed by atoms with Crippen molar-refractivity contribution in [1.82, 2.24) is 0 Å². The van der Waals surface area contributed by atoms with Crippen LogP contribution in [0.5, 0.6) is 0 Å². The van der Waals surface area contributed by atoms with E-state index in [1.165, 1.54) is 13.8 Å². The van der Waals surface area contributed by atoms with Gasteiger partial charge in [0.2, 0.25) is 0 Å². The van der Waals surface area contributed by atoms with Gasteiger partial charge in [0.25, 0.3) is 0 Å². The number of hydrogen-bond acceptors (Lipinski definition) is 13. The van der Waals surface area contributed by atoms with Crippen molar-refractivity contribution in [2.45, 2.75) is 87.0 Å². The molecule has 30 heavy (non-hydrogen) atoms. The fourth-order valence-corrected chi connectivity index (χ4v) is 3.09. The first-order chi connectivity index (χ1) is 13.9. The van der Waals surface area contributed by atoms with E-state index >= 15 is 0 Å². The van der Waals surface area contributed by atoms with E-state index in [2.05, 4.69) is 0 Å². The number of aliphatic hydroxyl groups is 9. The highest BCUT2D eigenvalue weighted by Gasteiger charge is 2.50. The number of ether oxygens (including phenoxy) is 4. The molecule has 0 saturated carbocycles. The molecule has 13 nitrogen and oxygen atoms in total. The molecule has 2 aliphatic heterocycles. The van der Waals surface area contributed by atoms with Gasteiger partial charge in [-0.1, -0.05) is 0 Å². The first-order valence-electron chi connectivity index (χ1n) is 9.52. The molecule has 2 heterocycles. The van der Waals surface area contributed by atoms with Crippen molar-refractivity contribution in [3.8, 4) is 0 Å². The Labute approximate surface area is 172 Å². The Morgan fingerprint density at radius 1 is 0.800 bits per heavy atom. The Balaban J connectivity index is 2.05. The fourth-order valence-electron chi connectivity index (χ4n) is 3.09. The zero-order valence-electron chi connectivity index (χ0n) is 16.6. The van der Waals surface area contributed by atoms with Crippen molar-refractivity contribution in [2.24, 2.45) is 0 Å². The van der Waals surface area contributed by atoms with E-state index < -0.39 is 92.9 Å². The van der Waals surface area contributed by atoms with E-state index in [0.29, 0.717) is 0 Å². The SMILES string of the molecule is CC(C)(O)[C@@H](O)CO[C@H]1[C@H](O)[C@@H](O)[C@@H](O[C@H]2O[C@H](CO)[C@@H](O)[C@H](O)[C@H]2O)O[C@@H]1CO. The second-order valence-electron chi connectivity index (χ2n) is 8.01. The summed E-state index contributed by atoms with van der Waals surface area (Å²) in [5.74, 6) is 0. The third-order valence-electron chi connectivity index (χ3n) is 5.20. The molecule has 2 rings (SSSR count). The fraction of sp³-hybridized carbons (Fsp3) is 1.00. The van der Waals surface area contributed by atoms with Gasteiger partial charge in [-0.3, -0.25) is 0 Å². The van der Waals surface area contributed by atoms with E-state index in [1.54, 1.807) is 0 Å². The van der Waals surface area contributed by atoms with Gasteiger partial charge in [-0.15, -0.1) is 0 Å². The average Bonchev–Trinajstić information content (AvgIpc) is 2.69. The number of hydrogen-bond donors (Lipinski definition) is 9. The molecule has 0 unspecified atom stereocenters. The van der Waals surface area contributed by atoms with Crippen LogP contribution in [0.25, 0.3) is 0 Å². The van der Waals surface area contributed by atoms with Gasteiger partial charge in [-0.25, -0.2) is 0 Å². The molecule has 0 aromatic carbocycles. The van der Waals surface area contributed by atoms with Crippen LogP contribution in [0.4, 0.5) is 0 Å². The molecular formula is C17H32O13. The lowest BCUT2D eigenvalue weighted by Crippen LogP contribution is -2.64. The third-order valence-corrected chi connectivity index (χ3v) is 5.20. The van der Waals surface area contributed by atoms with Crippen LogP contribution in [-0.2, 0) is 18.9 Å². The summed E-state index contributed by atoms with van der Waals surface area (Å²) in [7, 11) is 0. The highest BCUT2D eigenvalue weighted by molar-refractivity contribution is 4.93. The Kier molecular flexibility index (Phi) is 8.92. The Bertz CT molecular complexity index is 524. The average molecular weight is 444 g/mol. The molecule has 2 saturated heterocycles. The van der Waals surface area contributed by atoms with Gasteiger partial charge in [0.05, 0.1) is 25.4 Å². The third kappa shape index (κ3) is 5.63. The van der Waals surface area contributed by atoms with Gasteiger partial charge < -0.3 is 64.9 Å². The van der Waals surface area contributed by atoms with Crippen LogP contribution in [0.1, 0.15) is 13.8 Å². The minimum atomic E-state index is -1.76. The highest BCUT2D eigenvalue weighted by Crippen LogP contribution is 2.29. The molecule has 178 valence electrons. The molecule has 2 fully saturated rings. The van der Waals surface area contributed by atoms with Gasteiger partial charge in [-0.2, -0.15) is 0 Å². The van der Waals surface area contributed by atoms with Crippen LogP contribution >= 0.6 is 0 Å². The molecule has 0 radical (unpaired) electrons. The van der Waals surface area contributed by atoms with Crippen molar-refractivity contribution < 1.29 is 64.9 Å². The molecule has 0 aliphatic carbocycles. The summed E-state index contributed by atoms with van der Waals surface area (Å²) in [5.41, 5.74) is -1.50. The standard InChI is InChI=1S/C17H32O13/c1-17(2,26)8(20)5-27-14-7(4-19)29-16(13(25)11(14)23)30-15-12(24)10(22)9(21)6(3-18)28-15/h6-16,18-26H,3-5H2,1-2H3/t6-,7-,8+,9-,10+,11-,12-,13-,14-,15-,16-/m1/s1. The molecule has 9 N–H and O–H groups in total. The normalized spacial score (nSPS) is 44.1. The lowest BCUT2D eigenvalue weighted by Gasteiger charge is -2.45. The molecule has 13 heteroatoms. The molecule has 0 aromatic rings. The van der Waals surface area contributed by atoms with E-state index in [-0.39, 0.29) is 0 Å². The molecule has 0 amide bonds. The van der Waals surface area contributed by atoms with Crippen LogP contribution in [0.2, 0.25) is 0 Å². The first-order valence-corrected chi connectivity index (χ1v) is 9.52. The summed E-state index contributed by atoms with van der Waals surface area (Å²) < 4.78 is 21.2. The van der Waals surface area contributed by atoms with Crippen LogP contribution in [0, 0.1) is 0 Å². The topological polar surface area (TPSA) is 219 Å². The Morgan fingerprint density at radius 3 is 1.80 bits per heavy atom. The highest BCUT2D eigenvalue weighted by atomic mass is 16.8. The van der Waals surface area contributed by atoms with Gasteiger partial charge in [0.1, 0.15) is 54.9 Å². The van der Waals surface area contributed by atoms with Crippen molar-refractivity contribution >= 4 is 0 Å². The van der Waals surface area contributed by atoms with Crippen LogP contribution in [-0.4, -0.2) is 139 Å². The van der Waals surface area contributed by atoms with Gasteiger partial charge in [-0.05, 0) is 13.8 Å². The summed E-state index contributed by atoms with van der Waals surface area (Å²) in [6.07, 6.45) is -16.9. The second kappa shape index (κ2) is 10.4. The van der Waals surface area contributed by atoms with E-state index in [0.717, 1.165) is 0 Å². The smallest absolute Gasteiger partial charge is 0.189 e. The molecule has 0 spiro atoms. The van der Waals surface area contributed by atoms with Gasteiger partial charge in [0.15, 0.2) is 12.6 Å². The molecule has 0 bridgehead atoms. The summed E-state index contributed by atoms with van der Waals surface area (Å²) >= 11 is 0. The van der Waals surface area contributed by atoms with E-state index in [9.17, 15) is 46.0 Å². The van der Waals surface area contributed by atoms with Gasteiger partial charge in [0, 0.05) is 0 Å². The van der Waals surface area contributed by atoms with Crippen LogP contribution in [0.15, 0.2) is 0 Å². The zero-order valence-corrected chi connectivity index (χ0v) is 16.6. The Hall–Kier alpha value is -0.520. The lowest BCUT2D eigenvalue weighted by molar-refractivity contribution is -0.379. The van der Waals surface area contributed by atoms with E-state index in [4.69, 9.17) is 18.9 Å². The van der Waals surface area contributed by atoms with Crippen molar-refractivity contribution in [3.63, 3.8) is 0 Å². The van der Waals surface area contributed by atoms with E-state index in [1.807, 2.05) is 0 Å². The molecule has 11 atom stereocenters. The predicted octanol–water partition coefficient (Wildman–Crippen LogP) is -5.24. The maximum absolute atomic E-state index is 10.4. The second-order valence-corrected chi connectivity index (χ2v) is 8.01. The summed E-state index contributed by atoms with van der Waals surface area (Å²) in [6, 6.07) is 0. The van der Waals surface area contributed by atoms with Crippen molar-refractivity contribution in [3.05, 3.63) is 0 Å². The predicted molar refractivity (Wildman–Crippen MR) is 94.7 cm³/mol. The largest absolute Gasteiger partial charge is 0.394 e. The summed E-state index contributed by atoms with van der Waals surface area (Å²) in [4.78, 5) is 0. The van der Waals surface area contributed by atoms with Crippen LogP contribution in [0.3, 0.4) is 0 Å². The summed E-state index contributed by atoms with van der Waals surface area (Å²) in [5, 5.41) is 88.8. The molecule has 2 aliphatic rings. The molecule has 0 aromatic heterocycles. The van der Waals surface area contributed by atoms with Crippen LogP contribution < -0.4 is 0 Å². The Morgan fingerprint density at radius 2 is 1.30 bits per heavy atom. The quantitative estimate of drug-likeness (QED) is 0.171. The molecular weight excluding hydrogens is 412 g/mol. The minimum absolute atomic E-state index is 0.434. The van der Waals surface area contributed by atoms with Gasteiger partial charge >= 0.3 is 0 Å². The number of aliphatic hydroxyl groups excluding tert-OH is 8. The minimum Gasteiger partial charge on any atom is -0.394 e. The number of rotatable bonds is 8. The summed E-state index contributed by atoms with van der Waals surface area (Å²) in [6.45, 7) is 0.882. The monoisotopic (exact) mass is 444 g/mol. The van der Waals surface area contributed by atoms with Crippen molar-refractivity contribution in [1.29, 1.82) is 0 Å². The lowest BCUT2D eigenvalue weighted by atomic mass is 9.97. The maximum atomic E-state index is 10.4. The zero-order chi connectivity index (χ0) is 22.8. The van der Waals surface area contributed by atoms with Crippen molar-refractivity contribution in [2.75, 3.05) is 19.8 Å².